The van der Waals surface area contributed by atoms with Crippen molar-refractivity contribution in [2.45, 2.75) is 206 Å². The van der Waals surface area contributed by atoms with Crippen molar-refractivity contribution < 1.29 is 24.2 Å². The molecule has 0 saturated carbocycles. The van der Waals surface area contributed by atoms with E-state index in [1.165, 1.54) is 57.8 Å². The quantitative estimate of drug-likeness (QED) is 0.0335. The Hall–Kier alpha value is -2.67. The lowest BCUT2D eigenvalue weighted by molar-refractivity contribution is -0.150. The second kappa shape index (κ2) is 38.6. The highest BCUT2D eigenvalue weighted by Crippen LogP contribution is 2.19. The number of esters is 1. The van der Waals surface area contributed by atoms with Crippen LogP contribution in [-0.2, 0) is 19.1 Å². The Morgan fingerprint density at radius 3 is 1.61 bits per heavy atom. The van der Waals surface area contributed by atoms with Gasteiger partial charge in [-0.25, -0.2) is 4.79 Å². The van der Waals surface area contributed by atoms with Gasteiger partial charge in [0.15, 0.2) is 0 Å². The molecule has 51 heavy (non-hydrogen) atoms. The molecule has 0 aliphatic carbocycles. The average molecular weight is 715 g/mol. The number of unbranched alkanes of at least 4 members (excludes halogenated alkanes) is 15. The highest BCUT2D eigenvalue weighted by atomic mass is 16.5. The van der Waals surface area contributed by atoms with Crippen LogP contribution in [0.15, 0.2) is 48.6 Å². The Kier molecular flexibility index (Phi) is 36.5. The van der Waals surface area contributed by atoms with Gasteiger partial charge in [0.25, 0.3) is 0 Å². The summed E-state index contributed by atoms with van der Waals surface area (Å²) in [5, 5.41) is 11.9. The zero-order valence-electron chi connectivity index (χ0n) is 32.9. The molecular weight excluding hydrogens is 636 g/mol. The summed E-state index contributed by atoms with van der Waals surface area (Å²) in [6, 6.07) is -0.860. The molecule has 0 aliphatic heterocycles. The normalized spacial score (nSPS) is 13.2. The van der Waals surface area contributed by atoms with Crippen molar-refractivity contribution in [3.05, 3.63) is 48.6 Å². The zero-order chi connectivity index (χ0) is 37.5. The molecule has 294 valence electrons. The van der Waals surface area contributed by atoms with E-state index >= 15 is 0 Å². The Labute approximate surface area is 313 Å². The molecule has 0 bridgehead atoms. The van der Waals surface area contributed by atoms with Gasteiger partial charge < -0.3 is 20.9 Å². The van der Waals surface area contributed by atoms with Crippen molar-refractivity contribution in [1.82, 2.24) is 5.32 Å². The maximum atomic E-state index is 12.7. The molecule has 0 aromatic rings. The number of carboxylic acid groups (broad SMARTS) is 1. The van der Waals surface area contributed by atoms with Gasteiger partial charge in [0.2, 0.25) is 5.91 Å². The first kappa shape index (κ1) is 48.3. The number of nitrogens with one attached hydrogen (secondary N) is 1. The second-order valence-corrected chi connectivity index (χ2v) is 14.0. The van der Waals surface area contributed by atoms with Crippen LogP contribution in [0.1, 0.15) is 194 Å². The number of aliphatic carboxylic acids is 1. The lowest BCUT2D eigenvalue weighted by atomic mass is 10.0. The summed E-state index contributed by atoms with van der Waals surface area (Å²) in [6.07, 6.45) is 45.8. The SMILES string of the molecule is CC/C=C\C/C=C\C/C=C\C/C=C\CCCCC(=O)OC(CCCCCCCCCCCC)CCCCCCCC(=O)NC(CCCN)C(=O)O. The standard InChI is InChI=1S/C44H78N2O5/c1-3-5-7-9-11-13-15-16-17-18-19-21-23-28-32-38-43(48)51-40(34-29-25-22-20-14-12-10-8-6-4-2)35-30-26-24-27-31-37-42(47)46-41(44(49)50)36-33-39-45/h5,7,11,13,16-17,19,21,40-41H,3-4,6,8-10,12,14-15,18,20,22-39,45H2,1-2H3,(H,46,47)(H,49,50)/b7-5-,13-11-,17-16-,21-19-. The van der Waals surface area contributed by atoms with Gasteiger partial charge in [-0.05, 0) is 96.4 Å². The number of allylic oxidation sites excluding steroid dienone is 8. The van der Waals surface area contributed by atoms with E-state index < -0.39 is 12.0 Å². The van der Waals surface area contributed by atoms with Crippen LogP contribution in [0.4, 0.5) is 0 Å². The highest BCUT2D eigenvalue weighted by molar-refractivity contribution is 5.83. The first-order valence-corrected chi connectivity index (χ1v) is 21.0. The summed E-state index contributed by atoms with van der Waals surface area (Å²) in [5.74, 6) is -1.28. The molecule has 0 rings (SSSR count). The van der Waals surface area contributed by atoms with E-state index in [1.54, 1.807) is 0 Å². The Balaban J connectivity index is 4.38. The number of hydrogen-bond donors (Lipinski definition) is 3. The number of carbonyl (C=O) groups excluding carboxylic acids is 2. The molecule has 0 saturated heterocycles. The van der Waals surface area contributed by atoms with Crippen molar-refractivity contribution in [1.29, 1.82) is 0 Å². The van der Waals surface area contributed by atoms with Gasteiger partial charge in [-0.1, -0.05) is 140 Å². The lowest BCUT2D eigenvalue weighted by Crippen LogP contribution is -2.40. The zero-order valence-corrected chi connectivity index (χ0v) is 32.9. The van der Waals surface area contributed by atoms with Crippen LogP contribution >= 0.6 is 0 Å². The van der Waals surface area contributed by atoms with Crippen molar-refractivity contribution in [2.24, 2.45) is 5.73 Å². The topological polar surface area (TPSA) is 119 Å². The summed E-state index contributed by atoms with van der Waals surface area (Å²) in [6.45, 7) is 4.82. The smallest absolute Gasteiger partial charge is 0.326 e. The summed E-state index contributed by atoms with van der Waals surface area (Å²) in [5.41, 5.74) is 5.48. The number of ether oxygens (including phenoxy) is 1. The van der Waals surface area contributed by atoms with E-state index in [0.717, 1.165) is 96.3 Å². The summed E-state index contributed by atoms with van der Waals surface area (Å²) in [7, 11) is 0. The predicted molar refractivity (Wildman–Crippen MR) is 216 cm³/mol. The Morgan fingerprint density at radius 2 is 1.08 bits per heavy atom. The third-order valence-electron chi connectivity index (χ3n) is 9.16. The van der Waals surface area contributed by atoms with E-state index in [2.05, 4.69) is 67.8 Å². The molecule has 0 radical (unpaired) electrons. The highest BCUT2D eigenvalue weighted by Gasteiger charge is 2.19. The number of carboxylic acids is 1. The fraction of sp³-hybridized carbons (Fsp3) is 0.750. The van der Waals surface area contributed by atoms with Gasteiger partial charge >= 0.3 is 11.9 Å². The van der Waals surface area contributed by atoms with Crippen LogP contribution in [0, 0.1) is 0 Å². The van der Waals surface area contributed by atoms with Crippen molar-refractivity contribution in [3.63, 3.8) is 0 Å². The molecular formula is C44H78N2O5. The number of hydrogen-bond acceptors (Lipinski definition) is 5. The molecule has 0 aliphatic rings. The Bertz CT molecular complexity index is 942. The Morgan fingerprint density at radius 1 is 0.588 bits per heavy atom. The van der Waals surface area contributed by atoms with Crippen LogP contribution in [0.2, 0.25) is 0 Å². The van der Waals surface area contributed by atoms with Crippen LogP contribution < -0.4 is 11.1 Å². The molecule has 0 aromatic heterocycles. The molecule has 0 heterocycles. The minimum atomic E-state index is -1.01. The summed E-state index contributed by atoms with van der Waals surface area (Å²) < 4.78 is 6.01. The summed E-state index contributed by atoms with van der Waals surface area (Å²) in [4.78, 5) is 36.3. The molecule has 0 spiro atoms. The molecule has 2 atom stereocenters. The molecule has 0 aromatic carbocycles. The number of nitrogens with two attached hydrogens (primary N) is 1. The average Bonchev–Trinajstić information content (AvgIpc) is 3.11. The van der Waals surface area contributed by atoms with E-state index in [9.17, 15) is 19.5 Å². The fourth-order valence-corrected chi connectivity index (χ4v) is 6.03. The minimum Gasteiger partial charge on any atom is -0.480 e. The van der Waals surface area contributed by atoms with Crippen LogP contribution in [0.5, 0.6) is 0 Å². The van der Waals surface area contributed by atoms with E-state index in [-0.39, 0.29) is 18.0 Å². The van der Waals surface area contributed by atoms with Gasteiger partial charge in [0.1, 0.15) is 12.1 Å². The van der Waals surface area contributed by atoms with E-state index in [4.69, 9.17) is 10.5 Å². The minimum absolute atomic E-state index is 0.00636. The molecule has 7 nitrogen and oxygen atoms in total. The van der Waals surface area contributed by atoms with Gasteiger partial charge in [-0.3, -0.25) is 9.59 Å². The fourth-order valence-electron chi connectivity index (χ4n) is 6.03. The predicted octanol–water partition coefficient (Wildman–Crippen LogP) is 11.6. The van der Waals surface area contributed by atoms with E-state index in [0.29, 0.717) is 32.2 Å². The van der Waals surface area contributed by atoms with Gasteiger partial charge in [-0.2, -0.15) is 0 Å². The number of rotatable bonds is 37. The molecule has 0 fully saturated rings. The third kappa shape index (κ3) is 35.5. The third-order valence-corrected chi connectivity index (χ3v) is 9.16. The van der Waals surface area contributed by atoms with Gasteiger partial charge in [0, 0.05) is 12.8 Å². The monoisotopic (exact) mass is 715 g/mol. The number of carbonyl (C=O) groups is 3. The molecule has 1 amide bonds. The van der Waals surface area contributed by atoms with Crippen molar-refractivity contribution >= 4 is 17.8 Å². The molecule has 7 heteroatoms. The van der Waals surface area contributed by atoms with Crippen molar-refractivity contribution in [2.75, 3.05) is 6.54 Å². The molecule has 2 unspecified atom stereocenters. The van der Waals surface area contributed by atoms with Crippen LogP contribution in [-0.4, -0.2) is 41.6 Å². The summed E-state index contributed by atoms with van der Waals surface area (Å²) >= 11 is 0. The molecule has 4 N–H and O–H groups in total. The van der Waals surface area contributed by atoms with Gasteiger partial charge in [0.05, 0.1) is 0 Å². The maximum Gasteiger partial charge on any atom is 0.326 e. The van der Waals surface area contributed by atoms with Crippen molar-refractivity contribution in [3.8, 4) is 0 Å². The van der Waals surface area contributed by atoms with E-state index in [1.807, 2.05) is 0 Å². The first-order chi connectivity index (χ1) is 24.9. The second-order valence-electron chi connectivity index (χ2n) is 14.0. The van der Waals surface area contributed by atoms with Gasteiger partial charge in [-0.15, -0.1) is 0 Å². The first-order valence-electron chi connectivity index (χ1n) is 21.0. The van der Waals surface area contributed by atoms with Crippen LogP contribution in [0.25, 0.3) is 0 Å². The number of amides is 1. The largest absolute Gasteiger partial charge is 0.480 e. The maximum absolute atomic E-state index is 12.7. The van der Waals surface area contributed by atoms with Crippen LogP contribution in [0.3, 0.4) is 0 Å². The lowest BCUT2D eigenvalue weighted by Gasteiger charge is -2.18.